The molecule has 1 fully saturated rings. The van der Waals surface area contributed by atoms with E-state index in [1.165, 1.54) is 12.1 Å². The quantitative estimate of drug-likeness (QED) is 0.696. The van der Waals surface area contributed by atoms with Crippen molar-refractivity contribution in [1.29, 1.82) is 0 Å². The maximum absolute atomic E-state index is 12.8. The summed E-state index contributed by atoms with van der Waals surface area (Å²) in [6.07, 6.45) is -2.44. The lowest BCUT2D eigenvalue weighted by Gasteiger charge is -2.30. The van der Waals surface area contributed by atoms with Crippen LogP contribution in [0.3, 0.4) is 0 Å². The average molecular weight is 433 g/mol. The fourth-order valence-electron chi connectivity index (χ4n) is 3.54. The lowest BCUT2D eigenvalue weighted by Crippen LogP contribution is -2.37. The Bertz CT molecular complexity index is 951. The molecule has 0 spiro atoms. The molecule has 1 aliphatic heterocycles. The molecule has 0 saturated carbocycles. The van der Waals surface area contributed by atoms with Crippen LogP contribution in [-0.2, 0) is 12.7 Å². The van der Waals surface area contributed by atoms with Crippen molar-refractivity contribution in [3.63, 3.8) is 0 Å². The van der Waals surface area contributed by atoms with Crippen LogP contribution < -0.4 is 10.6 Å². The maximum atomic E-state index is 12.8. The van der Waals surface area contributed by atoms with Gasteiger partial charge >= 0.3 is 12.2 Å². The highest BCUT2D eigenvalue weighted by molar-refractivity contribution is 5.96. The number of anilines is 1. The number of benzene rings is 2. The van der Waals surface area contributed by atoms with Crippen LogP contribution in [0, 0.1) is 12.8 Å². The van der Waals surface area contributed by atoms with E-state index in [4.69, 9.17) is 0 Å². The van der Waals surface area contributed by atoms with Gasteiger partial charge in [0.2, 0.25) is 0 Å². The van der Waals surface area contributed by atoms with Crippen LogP contribution in [0.25, 0.3) is 0 Å². The maximum Gasteiger partial charge on any atom is 0.416 e. The summed E-state index contributed by atoms with van der Waals surface area (Å²) in [5, 5.41) is 5.23. The van der Waals surface area contributed by atoms with Crippen LogP contribution in [0.5, 0.6) is 0 Å². The zero-order chi connectivity index (χ0) is 22.6. The van der Waals surface area contributed by atoms with Gasteiger partial charge in [-0.25, -0.2) is 4.79 Å². The fourth-order valence-corrected chi connectivity index (χ4v) is 3.54. The summed E-state index contributed by atoms with van der Waals surface area (Å²) in [5.41, 5.74) is 1.42. The van der Waals surface area contributed by atoms with Gasteiger partial charge in [-0.15, -0.1) is 0 Å². The molecule has 3 rings (SSSR count). The van der Waals surface area contributed by atoms with Crippen LogP contribution in [0.4, 0.5) is 23.7 Å². The molecule has 0 radical (unpaired) electrons. The number of nitrogens with one attached hydrogen (secondary N) is 2. The van der Waals surface area contributed by atoms with E-state index < -0.39 is 17.8 Å². The molecule has 8 heteroatoms. The third kappa shape index (κ3) is 5.99. The first-order valence-corrected chi connectivity index (χ1v) is 10.2. The molecule has 0 atom stereocenters. The van der Waals surface area contributed by atoms with Gasteiger partial charge in [-0.2, -0.15) is 13.2 Å². The molecule has 5 nitrogen and oxygen atoms in total. The van der Waals surface area contributed by atoms with Crippen molar-refractivity contribution < 1.29 is 22.8 Å². The van der Waals surface area contributed by atoms with Crippen molar-refractivity contribution in [2.45, 2.75) is 39.4 Å². The number of likely N-dealkylation sites (tertiary alicyclic amines) is 1. The molecule has 0 unspecified atom stereocenters. The van der Waals surface area contributed by atoms with E-state index >= 15 is 0 Å². The number of hydrogen-bond donors (Lipinski definition) is 2. The van der Waals surface area contributed by atoms with Gasteiger partial charge in [0.15, 0.2) is 0 Å². The second kappa shape index (κ2) is 9.41. The van der Waals surface area contributed by atoms with Crippen molar-refractivity contribution in [2.75, 3.05) is 18.4 Å². The highest BCUT2D eigenvalue weighted by atomic mass is 19.4. The van der Waals surface area contributed by atoms with Crippen LogP contribution in [0.15, 0.2) is 42.5 Å². The first-order chi connectivity index (χ1) is 14.6. The van der Waals surface area contributed by atoms with E-state index in [2.05, 4.69) is 17.6 Å². The van der Waals surface area contributed by atoms with Crippen LogP contribution in [-0.4, -0.2) is 29.9 Å². The number of alkyl halides is 3. The molecule has 166 valence electrons. The molecular weight excluding hydrogens is 407 g/mol. The number of urea groups is 1. The van der Waals surface area contributed by atoms with Crippen LogP contribution in [0.2, 0.25) is 0 Å². The smallest absolute Gasteiger partial charge is 0.339 e. The topological polar surface area (TPSA) is 61.4 Å². The Kier molecular flexibility index (Phi) is 6.87. The van der Waals surface area contributed by atoms with E-state index in [-0.39, 0.29) is 12.5 Å². The molecule has 1 heterocycles. The normalized spacial score (nSPS) is 14.9. The van der Waals surface area contributed by atoms with Gasteiger partial charge in [0, 0.05) is 30.9 Å². The number of carbonyl (C=O) groups is 2. The van der Waals surface area contributed by atoms with Crippen LogP contribution in [0.1, 0.15) is 46.8 Å². The fraction of sp³-hybridized carbons (Fsp3) is 0.391. The monoisotopic (exact) mass is 433 g/mol. The van der Waals surface area contributed by atoms with Gasteiger partial charge in [0.1, 0.15) is 0 Å². The summed E-state index contributed by atoms with van der Waals surface area (Å²) in [4.78, 5) is 26.7. The van der Waals surface area contributed by atoms with Crippen LogP contribution >= 0.6 is 0 Å². The summed E-state index contributed by atoms with van der Waals surface area (Å²) in [6, 6.07) is 9.36. The highest BCUT2D eigenvalue weighted by Crippen LogP contribution is 2.29. The third-order valence-electron chi connectivity index (χ3n) is 5.50. The van der Waals surface area contributed by atoms with Gasteiger partial charge in [-0.1, -0.05) is 19.1 Å². The second-order valence-electron chi connectivity index (χ2n) is 8.01. The molecular formula is C23H26F3N3O2. The predicted molar refractivity (Wildman–Crippen MR) is 113 cm³/mol. The SMILES string of the molecule is Cc1cc(C(=O)N2CCC(C)CC2)ccc1NC(=O)NCc1cccc(C(F)(F)F)c1. The number of rotatable bonds is 4. The number of carbonyl (C=O) groups excluding carboxylic acids is 2. The molecule has 0 aliphatic carbocycles. The van der Waals surface area contributed by atoms with E-state index in [1.54, 1.807) is 25.1 Å². The van der Waals surface area contributed by atoms with Crippen molar-refractivity contribution in [2.24, 2.45) is 5.92 Å². The Morgan fingerprint density at radius 2 is 1.81 bits per heavy atom. The van der Waals surface area contributed by atoms with Crippen molar-refractivity contribution in [1.82, 2.24) is 10.2 Å². The minimum atomic E-state index is -4.43. The Morgan fingerprint density at radius 1 is 1.10 bits per heavy atom. The minimum Gasteiger partial charge on any atom is -0.339 e. The molecule has 3 amide bonds. The summed E-state index contributed by atoms with van der Waals surface area (Å²) >= 11 is 0. The number of amides is 3. The zero-order valence-corrected chi connectivity index (χ0v) is 17.6. The number of piperidine rings is 1. The average Bonchev–Trinajstić information content (AvgIpc) is 2.73. The molecule has 1 saturated heterocycles. The molecule has 2 aromatic rings. The van der Waals surface area contributed by atoms with Crippen molar-refractivity contribution >= 4 is 17.6 Å². The standard InChI is InChI=1S/C23H26F3N3O2/c1-15-8-10-29(11-9-15)21(30)18-6-7-20(16(2)12-18)28-22(31)27-14-17-4-3-5-19(13-17)23(24,25)26/h3-7,12-13,15H,8-11,14H2,1-2H3,(H2,27,28,31). The number of aryl methyl sites for hydroxylation is 1. The van der Waals surface area contributed by atoms with Gasteiger partial charge in [0.25, 0.3) is 5.91 Å². The van der Waals surface area contributed by atoms with E-state index in [0.29, 0.717) is 22.7 Å². The highest BCUT2D eigenvalue weighted by Gasteiger charge is 2.30. The largest absolute Gasteiger partial charge is 0.416 e. The number of nitrogens with zero attached hydrogens (tertiary/aromatic N) is 1. The van der Waals surface area contributed by atoms with E-state index in [9.17, 15) is 22.8 Å². The van der Waals surface area contributed by atoms with Gasteiger partial charge in [-0.05, 0) is 67.1 Å². The third-order valence-corrected chi connectivity index (χ3v) is 5.50. The zero-order valence-electron chi connectivity index (χ0n) is 17.6. The Labute approximate surface area is 179 Å². The van der Waals surface area contributed by atoms with E-state index in [1.807, 2.05) is 4.90 Å². The second-order valence-corrected chi connectivity index (χ2v) is 8.01. The Hall–Kier alpha value is -3.03. The van der Waals surface area contributed by atoms with Gasteiger partial charge in [0.05, 0.1) is 5.56 Å². The summed E-state index contributed by atoms with van der Waals surface area (Å²) in [6.45, 7) is 5.43. The number of halogens is 3. The molecule has 2 aromatic carbocycles. The number of hydrogen-bond acceptors (Lipinski definition) is 2. The molecule has 31 heavy (non-hydrogen) atoms. The summed E-state index contributed by atoms with van der Waals surface area (Å²) in [5.74, 6) is 0.613. The molecule has 2 N–H and O–H groups in total. The van der Waals surface area contributed by atoms with Crippen molar-refractivity contribution in [3.05, 3.63) is 64.7 Å². The van der Waals surface area contributed by atoms with Crippen molar-refractivity contribution in [3.8, 4) is 0 Å². The molecule has 0 bridgehead atoms. The summed E-state index contributed by atoms with van der Waals surface area (Å²) in [7, 11) is 0. The van der Waals surface area contributed by atoms with E-state index in [0.717, 1.165) is 43.6 Å². The van der Waals surface area contributed by atoms with Gasteiger partial charge < -0.3 is 15.5 Å². The lowest BCUT2D eigenvalue weighted by atomic mass is 9.98. The lowest BCUT2D eigenvalue weighted by molar-refractivity contribution is -0.137. The predicted octanol–water partition coefficient (Wildman–Crippen LogP) is 5.21. The molecule has 0 aromatic heterocycles. The molecule has 1 aliphatic rings. The summed E-state index contributed by atoms with van der Waals surface area (Å²) < 4.78 is 38.4. The Morgan fingerprint density at radius 3 is 2.45 bits per heavy atom. The first-order valence-electron chi connectivity index (χ1n) is 10.2. The first kappa shape index (κ1) is 22.7. The minimum absolute atomic E-state index is 0.0180. The Balaban J connectivity index is 1.57. The van der Waals surface area contributed by atoms with Gasteiger partial charge in [-0.3, -0.25) is 4.79 Å².